The van der Waals surface area contributed by atoms with Gasteiger partial charge in [-0.25, -0.2) is 4.99 Å². The Morgan fingerprint density at radius 3 is 2.54 bits per heavy atom. The molecule has 0 atom stereocenters. The van der Waals surface area contributed by atoms with Crippen molar-refractivity contribution >= 4 is 11.6 Å². The standard InChI is InChI=1S/C12H13N/c1-4-10(2)9-13-12-7-5-11(3)6-8-12/h4-8H,1H2,2-3H3. The maximum Gasteiger partial charge on any atom is 0.0730 e. The lowest BCUT2D eigenvalue weighted by molar-refractivity contribution is 1.44. The van der Waals surface area contributed by atoms with Crippen molar-refractivity contribution in [3.63, 3.8) is 0 Å². The fourth-order valence-electron chi connectivity index (χ4n) is 0.818. The molecule has 1 rings (SSSR count). The van der Waals surface area contributed by atoms with E-state index in [0.717, 1.165) is 11.3 Å². The first-order valence-electron chi connectivity index (χ1n) is 4.22. The van der Waals surface area contributed by atoms with Gasteiger partial charge in [0.1, 0.15) is 0 Å². The van der Waals surface area contributed by atoms with Crippen molar-refractivity contribution in [2.24, 2.45) is 4.99 Å². The Balaban J connectivity index is 2.92. The van der Waals surface area contributed by atoms with Crippen LogP contribution in [0.25, 0.3) is 0 Å². The van der Waals surface area contributed by atoms with Crippen molar-refractivity contribution in [3.05, 3.63) is 48.1 Å². The summed E-state index contributed by atoms with van der Waals surface area (Å²) >= 11 is 0. The molecule has 0 saturated carbocycles. The SMILES string of the molecule is C=CC(C)=C=Nc1ccc(C)cc1. The molecule has 0 N–H and O–H groups in total. The van der Waals surface area contributed by atoms with Crippen LogP contribution in [0.2, 0.25) is 0 Å². The lowest BCUT2D eigenvalue weighted by atomic mass is 10.2. The van der Waals surface area contributed by atoms with E-state index >= 15 is 0 Å². The van der Waals surface area contributed by atoms with Crippen LogP contribution in [0.4, 0.5) is 5.69 Å². The van der Waals surface area contributed by atoms with Crippen LogP contribution in [0, 0.1) is 6.92 Å². The molecule has 1 aromatic carbocycles. The largest absolute Gasteiger partial charge is 0.206 e. The first-order chi connectivity index (χ1) is 6.22. The zero-order valence-electron chi connectivity index (χ0n) is 8.04. The fourth-order valence-corrected chi connectivity index (χ4v) is 0.818. The Kier molecular flexibility index (Phi) is 3.24. The molecule has 0 saturated heterocycles. The van der Waals surface area contributed by atoms with Crippen LogP contribution in [0.1, 0.15) is 12.5 Å². The van der Waals surface area contributed by atoms with Gasteiger partial charge in [0, 0.05) is 5.57 Å². The van der Waals surface area contributed by atoms with Crippen molar-refractivity contribution in [1.29, 1.82) is 0 Å². The molecular formula is C12H13N. The zero-order chi connectivity index (χ0) is 9.68. The maximum atomic E-state index is 4.16. The summed E-state index contributed by atoms with van der Waals surface area (Å²) in [6.07, 6.45) is 1.73. The Labute approximate surface area is 79.1 Å². The molecule has 0 fully saturated rings. The van der Waals surface area contributed by atoms with Crippen LogP contribution < -0.4 is 0 Å². The summed E-state index contributed by atoms with van der Waals surface area (Å²) in [4.78, 5) is 4.16. The number of hydrogen-bond acceptors (Lipinski definition) is 1. The Morgan fingerprint density at radius 1 is 1.38 bits per heavy atom. The second-order valence-corrected chi connectivity index (χ2v) is 2.95. The summed E-state index contributed by atoms with van der Waals surface area (Å²) in [6, 6.07) is 8.00. The maximum absolute atomic E-state index is 4.16. The third-order valence-corrected chi connectivity index (χ3v) is 1.70. The fraction of sp³-hybridized carbons (Fsp3) is 0.167. The molecule has 0 aliphatic rings. The average Bonchev–Trinajstić information content (AvgIpc) is 2.16. The number of rotatable bonds is 2. The van der Waals surface area contributed by atoms with Crippen LogP contribution in [0.15, 0.2) is 47.5 Å². The van der Waals surface area contributed by atoms with E-state index in [0.29, 0.717) is 0 Å². The van der Waals surface area contributed by atoms with E-state index in [1.165, 1.54) is 5.56 Å². The van der Waals surface area contributed by atoms with Gasteiger partial charge < -0.3 is 0 Å². The topological polar surface area (TPSA) is 12.4 Å². The molecule has 0 heterocycles. The minimum absolute atomic E-state index is 0.923. The third kappa shape index (κ3) is 3.10. The summed E-state index contributed by atoms with van der Waals surface area (Å²) in [5.74, 6) is 2.89. The molecule has 0 aliphatic carbocycles. The number of aliphatic imine (C=N–C) groups is 1. The molecule has 13 heavy (non-hydrogen) atoms. The van der Waals surface area contributed by atoms with Gasteiger partial charge in [-0.2, -0.15) is 0 Å². The Bertz CT molecular complexity index is 351. The van der Waals surface area contributed by atoms with Crippen molar-refractivity contribution in [2.75, 3.05) is 0 Å². The van der Waals surface area contributed by atoms with E-state index in [2.05, 4.69) is 24.4 Å². The van der Waals surface area contributed by atoms with Gasteiger partial charge in [0.15, 0.2) is 0 Å². The molecule has 1 nitrogen and oxygen atoms in total. The molecule has 66 valence electrons. The van der Waals surface area contributed by atoms with Gasteiger partial charge in [-0.15, -0.1) is 0 Å². The highest BCUT2D eigenvalue weighted by Crippen LogP contribution is 2.11. The van der Waals surface area contributed by atoms with E-state index in [9.17, 15) is 0 Å². The van der Waals surface area contributed by atoms with Gasteiger partial charge in [-0.3, -0.25) is 0 Å². The highest BCUT2D eigenvalue weighted by Gasteiger charge is 1.85. The van der Waals surface area contributed by atoms with E-state index in [4.69, 9.17) is 0 Å². The molecule has 0 radical (unpaired) electrons. The van der Waals surface area contributed by atoms with Gasteiger partial charge >= 0.3 is 0 Å². The zero-order valence-corrected chi connectivity index (χ0v) is 8.04. The first kappa shape index (κ1) is 9.50. The highest BCUT2D eigenvalue weighted by molar-refractivity contribution is 5.65. The lowest BCUT2D eigenvalue weighted by Crippen LogP contribution is -1.70. The summed E-state index contributed by atoms with van der Waals surface area (Å²) in [7, 11) is 0. The summed E-state index contributed by atoms with van der Waals surface area (Å²) in [6.45, 7) is 7.60. The van der Waals surface area contributed by atoms with Crippen molar-refractivity contribution in [1.82, 2.24) is 0 Å². The third-order valence-electron chi connectivity index (χ3n) is 1.70. The predicted octanol–water partition coefficient (Wildman–Crippen LogP) is 3.43. The molecule has 0 aromatic heterocycles. The number of nitrogens with zero attached hydrogens (tertiary/aromatic N) is 1. The van der Waals surface area contributed by atoms with Gasteiger partial charge in [0.2, 0.25) is 0 Å². The molecule has 0 unspecified atom stereocenters. The molecule has 0 amide bonds. The number of hydrogen-bond donors (Lipinski definition) is 0. The summed E-state index contributed by atoms with van der Waals surface area (Å²) in [5, 5.41) is 0. The first-order valence-corrected chi connectivity index (χ1v) is 4.22. The van der Waals surface area contributed by atoms with Gasteiger partial charge in [-0.05, 0) is 31.9 Å². The van der Waals surface area contributed by atoms with E-state index in [1.807, 2.05) is 31.2 Å². The van der Waals surface area contributed by atoms with Gasteiger partial charge in [-0.1, -0.05) is 30.4 Å². The summed E-state index contributed by atoms with van der Waals surface area (Å²) < 4.78 is 0. The quantitative estimate of drug-likeness (QED) is 0.477. The van der Waals surface area contributed by atoms with Crippen molar-refractivity contribution in [3.8, 4) is 0 Å². The minimum atomic E-state index is 0.923. The Hall–Kier alpha value is -1.59. The molecule has 0 aliphatic heterocycles. The number of aryl methyl sites for hydroxylation is 1. The van der Waals surface area contributed by atoms with Crippen LogP contribution >= 0.6 is 0 Å². The van der Waals surface area contributed by atoms with Crippen LogP contribution in [0.3, 0.4) is 0 Å². The van der Waals surface area contributed by atoms with E-state index in [1.54, 1.807) is 6.08 Å². The van der Waals surface area contributed by atoms with E-state index < -0.39 is 0 Å². The van der Waals surface area contributed by atoms with Gasteiger partial charge in [0.05, 0.1) is 5.69 Å². The molecule has 1 heteroatoms. The van der Waals surface area contributed by atoms with Crippen molar-refractivity contribution in [2.45, 2.75) is 13.8 Å². The molecule has 1 aromatic rings. The average molecular weight is 171 g/mol. The monoisotopic (exact) mass is 171 g/mol. The molecule has 0 spiro atoms. The molecular weight excluding hydrogens is 158 g/mol. The normalized spacial score (nSPS) is 8.77. The second kappa shape index (κ2) is 4.44. The Morgan fingerprint density at radius 2 is 2.00 bits per heavy atom. The minimum Gasteiger partial charge on any atom is -0.206 e. The second-order valence-electron chi connectivity index (χ2n) is 2.95. The highest BCUT2D eigenvalue weighted by atomic mass is 14.7. The predicted molar refractivity (Wildman–Crippen MR) is 57.7 cm³/mol. The van der Waals surface area contributed by atoms with Gasteiger partial charge in [0.25, 0.3) is 0 Å². The van der Waals surface area contributed by atoms with E-state index in [-0.39, 0.29) is 0 Å². The van der Waals surface area contributed by atoms with Crippen LogP contribution in [-0.2, 0) is 0 Å². The molecule has 0 bridgehead atoms. The van der Waals surface area contributed by atoms with Crippen molar-refractivity contribution < 1.29 is 0 Å². The lowest BCUT2D eigenvalue weighted by Gasteiger charge is -1.91. The summed E-state index contributed by atoms with van der Waals surface area (Å²) in [5.41, 5.74) is 3.11. The number of allylic oxidation sites excluding steroid dienone is 2. The number of benzene rings is 1. The van der Waals surface area contributed by atoms with Crippen LogP contribution in [0.5, 0.6) is 0 Å². The smallest absolute Gasteiger partial charge is 0.0730 e. The van der Waals surface area contributed by atoms with Crippen LogP contribution in [-0.4, -0.2) is 5.87 Å².